The number of halogens is 1. The van der Waals surface area contributed by atoms with Crippen LogP contribution in [0.2, 0.25) is 0 Å². The van der Waals surface area contributed by atoms with Gasteiger partial charge in [-0.25, -0.2) is 0 Å². The number of aryl methyl sites for hydroxylation is 2. The van der Waals surface area contributed by atoms with Crippen molar-refractivity contribution in [2.24, 2.45) is 11.8 Å². The molecule has 0 radical (unpaired) electrons. The van der Waals surface area contributed by atoms with E-state index in [1.54, 1.807) is 0 Å². The summed E-state index contributed by atoms with van der Waals surface area (Å²) >= 11 is 6.00. The van der Waals surface area contributed by atoms with Gasteiger partial charge in [-0.2, -0.15) is 0 Å². The first-order valence-electron chi connectivity index (χ1n) is 8.43. The molecule has 1 saturated heterocycles. The van der Waals surface area contributed by atoms with Crippen molar-refractivity contribution in [2.75, 3.05) is 11.9 Å². The van der Waals surface area contributed by atoms with E-state index in [0.29, 0.717) is 17.9 Å². The van der Waals surface area contributed by atoms with E-state index in [2.05, 4.69) is 5.32 Å². The van der Waals surface area contributed by atoms with E-state index in [1.165, 1.54) is 4.90 Å². The maximum absolute atomic E-state index is 12.5. The third-order valence-corrected chi connectivity index (χ3v) is 5.20. The fourth-order valence-corrected chi connectivity index (χ4v) is 3.67. The number of amides is 3. The van der Waals surface area contributed by atoms with Gasteiger partial charge in [0.05, 0.1) is 11.8 Å². The fourth-order valence-electron chi connectivity index (χ4n) is 3.41. The number of fused-ring (bicyclic) bond motifs is 1. The van der Waals surface area contributed by atoms with Crippen molar-refractivity contribution in [1.29, 1.82) is 0 Å². The van der Waals surface area contributed by atoms with Crippen LogP contribution >= 0.6 is 11.6 Å². The van der Waals surface area contributed by atoms with Crippen molar-refractivity contribution >= 4 is 35.0 Å². The molecular weight excluding hydrogens is 340 g/mol. The van der Waals surface area contributed by atoms with Gasteiger partial charge in [0.2, 0.25) is 17.7 Å². The van der Waals surface area contributed by atoms with Gasteiger partial charge in [-0.1, -0.05) is 29.8 Å². The summed E-state index contributed by atoms with van der Waals surface area (Å²) < 4.78 is 0. The van der Waals surface area contributed by atoms with Crippen molar-refractivity contribution < 1.29 is 14.4 Å². The van der Waals surface area contributed by atoms with E-state index < -0.39 is 0 Å². The topological polar surface area (TPSA) is 66.5 Å². The molecule has 1 aliphatic carbocycles. The van der Waals surface area contributed by atoms with E-state index in [-0.39, 0.29) is 42.5 Å². The highest BCUT2D eigenvalue weighted by atomic mass is 35.5. The van der Waals surface area contributed by atoms with Crippen molar-refractivity contribution in [1.82, 2.24) is 4.90 Å². The molecule has 1 aromatic carbocycles. The van der Waals surface area contributed by atoms with Gasteiger partial charge in [0.15, 0.2) is 0 Å². The number of imide groups is 1. The molecule has 0 unspecified atom stereocenters. The number of carbonyl (C=O) groups is 3. The zero-order chi connectivity index (χ0) is 18.1. The SMILES string of the molecule is Cc1ccc(C)c(NC(=O)CCN2C(=O)[C@H]3CC=C(Cl)C[C@@H]3C2=O)c1. The summed E-state index contributed by atoms with van der Waals surface area (Å²) in [5.41, 5.74) is 2.78. The van der Waals surface area contributed by atoms with Crippen LogP contribution in [0.25, 0.3) is 0 Å². The molecule has 1 N–H and O–H groups in total. The molecular formula is C19H21ClN2O3. The summed E-state index contributed by atoms with van der Waals surface area (Å²) in [5.74, 6) is -1.29. The van der Waals surface area contributed by atoms with Crippen LogP contribution in [0.4, 0.5) is 5.69 Å². The maximum atomic E-state index is 12.5. The van der Waals surface area contributed by atoms with Crippen molar-refractivity contribution in [3.05, 3.63) is 40.4 Å². The Morgan fingerprint density at radius 2 is 1.96 bits per heavy atom. The summed E-state index contributed by atoms with van der Waals surface area (Å²) in [5, 5.41) is 3.49. The first-order chi connectivity index (χ1) is 11.9. The number of likely N-dealkylation sites (tertiary alicyclic amines) is 1. The molecule has 1 aromatic rings. The fraction of sp³-hybridized carbons (Fsp3) is 0.421. The second kappa shape index (κ2) is 7.00. The highest BCUT2D eigenvalue weighted by molar-refractivity contribution is 6.30. The predicted molar refractivity (Wildman–Crippen MR) is 96.0 cm³/mol. The second-order valence-electron chi connectivity index (χ2n) is 6.75. The Labute approximate surface area is 152 Å². The van der Waals surface area contributed by atoms with Crippen LogP contribution in [0, 0.1) is 25.7 Å². The molecule has 6 heteroatoms. The molecule has 1 heterocycles. The van der Waals surface area contributed by atoms with Crippen molar-refractivity contribution in [3.8, 4) is 0 Å². The third kappa shape index (κ3) is 3.61. The van der Waals surface area contributed by atoms with Gasteiger partial charge in [0.1, 0.15) is 0 Å². The summed E-state index contributed by atoms with van der Waals surface area (Å²) in [6, 6.07) is 5.83. The second-order valence-corrected chi connectivity index (χ2v) is 7.23. The smallest absolute Gasteiger partial charge is 0.233 e. The number of nitrogens with zero attached hydrogens (tertiary/aromatic N) is 1. The van der Waals surface area contributed by atoms with Gasteiger partial charge < -0.3 is 5.32 Å². The number of carbonyl (C=O) groups excluding carboxylic acids is 3. The van der Waals surface area contributed by atoms with E-state index in [9.17, 15) is 14.4 Å². The highest BCUT2D eigenvalue weighted by Crippen LogP contribution is 2.38. The van der Waals surface area contributed by atoms with Gasteiger partial charge in [0, 0.05) is 23.7 Å². The average molecular weight is 361 g/mol. The van der Waals surface area contributed by atoms with Crippen molar-refractivity contribution in [2.45, 2.75) is 33.1 Å². The first kappa shape index (κ1) is 17.7. The number of anilines is 1. The minimum atomic E-state index is -0.368. The van der Waals surface area contributed by atoms with E-state index in [4.69, 9.17) is 11.6 Å². The van der Waals surface area contributed by atoms with Gasteiger partial charge in [-0.15, -0.1) is 0 Å². The summed E-state index contributed by atoms with van der Waals surface area (Å²) in [6.45, 7) is 3.99. The Morgan fingerprint density at radius 3 is 2.72 bits per heavy atom. The summed E-state index contributed by atoms with van der Waals surface area (Å²) in [7, 11) is 0. The lowest BCUT2D eigenvalue weighted by Gasteiger charge is -2.17. The van der Waals surface area contributed by atoms with Crippen LogP contribution in [0.3, 0.4) is 0 Å². The third-order valence-electron chi connectivity index (χ3n) is 4.89. The highest BCUT2D eigenvalue weighted by Gasteiger charge is 2.48. The number of hydrogen-bond donors (Lipinski definition) is 1. The molecule has 0 spiro atoms. The average Bonchev–Trinajstić information content (AvgIpc) is 2.80. The minimum Gasteiger partial charge on any atom is -0.326 e. The van der Waals surface area contributed by atoms with Crippen LogP contribution in [-0.2, 0) is 14.4 Å². The molecule has 5 nitrogen and oxygen atoms in total. The molecule has 2 atom stereocenters. The normalized spacial score (nSPS) is 22.7. The molecule has 0 saturated carbocycles. The van der Waals surface area contributed by atoms with Gasteiger partial charge in [-0.05, 0) is 43.9 Å². The number of hydrogen-bond acceptors (Lipinski definition) is 3. The molecule has 1 aliphatic heterocycles. The van der Waals surface area contributed by atoms with Gasteiger partial charge in [-0.3, -0.25) is 19.3 Å². The molecule has 0 aromatic heterocycles. The molecule has 0 bridgehead atoms. The number of benzene rings is 1. The lowest BCUT2D eigenvalue weighted by atomic mass is 9.85. The molecule has 2 aliphatic rings. The molecule has 132 valence electrons. The van der Waals surface area contributed by atoms with Crippen LogP contribution in [-0.4, -0.2) is 29.2 Å². The van der Waals surface area contributed by atoms with Crippen molar-refractivity contribution in [3.63, 3.8) is 0 Å². The number of rotatable bonds is 4. The predicted octanol–water partition coefficient (Wildman–Crippen LogP) is 3.15. The number of allylic oxidation sites excluding steroid dienone is 2. The largest absolute Gasteiger partial charge is 0.326 e. The van der Waals surface area contributed by atoms with Crippen LogP contribution in [0.15, 0.2) is 29.3 Å². The summed E-state index contributed by atoms with van der Waals surface area (Å²) in [6.07, 6.45) is 2.82. The Bertz CT molecular complexity index is 772. The van der Waals surface area contributed by atoms with Crippen LogP contribution in [0.1, 0.15) is 30.4 Å². The van der Waals surface area contributed by atoms with Gasteiger partial charge >= 0.3 is 0 Å². The molecule has 1 fully saturated rings. The summed E-state index contributed by atoms with van der Waals surface area (Å²) in [4.78, 5) is 38.3. The Balaban J connectivity index is 1.60. The van der Waals surface area contributed by atoms with E-state index >= 15 is 0 Å². The lowest BCUT2D eigenvalue weighted by molar-refractivity contribution is -0.140. The van der Waals surface area contributed by atoms with Crippen LogP contribution in [0.5, 0.6) is 0 Å². The maximum Gasteiger partial charge on any atom is 0.233 e. The zero-order valence-corrected chi connectivity index (χ0v) is 15.1. The first-order valence-corrected chi connectivity index (χ1v) is 8.81. The molecule has 3 rings (SSSR count). The van der Waals surface area contributed by atoms with Crippen LogP contribution < -0.4 is 5.32 Å². The Morgan fingerprint density at radius 1 is 1.24 bits per heavy atom. The van der Waals surface area contributed by atoms with Gasteiger partial charge in [0.25, 0.3) is 0 Å². The number of nitrogens with one attached hydrogen (secondary N) is 1. The standard InChI is InChI=1S/C19H21ClN2O3/c1-11-3-4-12(2)16(9-11)21-17(23)7-8-22-18(24)14-6-5-13(20)10-15(14)19(22)25/h3-5,9,14-15H,6-8,10H2,1-2H3,(H,21,23)/t14-,15-/m0/s1. The molecule has 3 amide bonds. The minimum absolute atomic E-state index is 0.0888. The zero-order valence-electron chi connectivity index (χ0n) is 14.3. The van der Waals surface area contributed by atoms with E-state index in [1.807, 2.05) is 38.1 Å². The monoisotopic (exact) mass is 360 g/mol. The Kier molecular flexibility index (Phi) is 4.95. The molecule has 25 heavy (non-hydrogen) atoms. The Hall–Kier alpha value is -2.14. The van der Waals surface area contributed by atoms with E-state index in [0.717, 1.165) is 16.8 Å². The lowest BCUT2D eigenvalue weighted by Crippen LogP contribution is -2.34. The quantitative estimate of drug-likeness (QED) is 0.839.